The molecule has 0 aliphatic heterocycles. The van der Waals surface area contributed by atoms with Crippen LogP contribution in [0.25, 0.3) is 0 Å². The van der Waals surface area contributed by atoms with Crippen molar-refractivity contribution in [1.82, 2.24) is 20.3 Å². The maximum Gasteiger partial charge on any atom is 0.274 e. The molecule has 5 nitrogen and oxygen atoms in total. The van der Waals surface area contributed by atoms with Gasteiger partial charge >= 0.3 is 0 Å². The SMILES string of the molecule is Cc1ccc(CNC(=O)c2nnn(Cc3ccccc3)c2C)cc1. The molecule has 1 aromatic heterocycles. The predicted octanol–water partition coefficient (Wildman–Crippen LogP) is 2.87. The number of carbonyl (C=O) groups excluding carboxylic acids is 1. The zero-order valence-corrected chi connectivity index (χ0v) is 13.9. The van der Waals surface area contributed by atoms with Crippen LogP contribution in [0.5, 0.6) is 0 Å². The van der Waals surface area contributed by atoms with Crippen molar-refractivity contribution in [2.24, 2.45) is 0 Å². The third-order valence-electron chi connectivity index (χ3n) is 3.95. The van der Waals surface area contributed by atoms with Gasteiger partial charge in [-0.05, 0) is 25.0 Å². The van der Waals surface area contributed by atoms with Gasteiger partial charge in [-0.25, -0.2) is 4.68 Å². The van der Waals surface area contributed by atoms with Crippen molar-refractivity contribution in [3.05, 3.63) is 82.7 Å². The van der Waals surface area contributed by atoms with Gasteiger partial charge in [-0.3, -0.25) is 4.79 Å². The van der Waals surface area contributed by atoms with E-state index in [1.54, 1.807) is 4.68 Å². The smallest absolute Gasteiger partial charge is 0.274 e. The highest BCUT2D eigenvalue weighted by atomic mass is 16.2. The van der Waals surface area contributed by atoms with Gasteiger partial charge in [0, 0.05) is 6.54 Å². The Morgan fingerprint density at radius 2 is 1.71 bits per heavy atom. The minimum absolute atomic E-state index is 0.201. The van der Waals surface area contributed by atoms with Crippen molar-refractivity contribution in [3.63, 3.8) is 0 Å². The summed E-state index contributed by atoms with van der Waals surface area (Å²) in [7, 11) is 0. The first kappa shape index (κ1) is 15.9. The number of hydrogen-bond donors (Lipinski definition) is 1. The van der Waals surface area contributed by atoms with Crippen molar-refractivity contribution in [1.29, 1.82) is 0 Å². The first-order valence-corrected chi connectivity index (χ1v) is 7.91. The second-order valence-corrected chi connectivity index (χ2v) is 5.83. The molecule has 1 N–H and O–H groups in total. The van der Waals surface area contributed by atoms with Crippen molar-refractivity contribution in [2.45, 2.75) is 26.9 Å². The van der Waals surface area contributed by atoms with Gasteiger partial charge in [0.15, 0.2) is 5.69 Å². The van der Waals surface area contributed by atoms with E-state index in [0.29, 0.717) is 18.8 Å². The molecule has 122 valence electrons. The van der Waals surface area contributed by atoms with E-state index < -0.39 is 0 Å². The van der Waals surface area contributed by atoms with Crippen molar-refractivity contribution in [3.8, 4) is 0 Å². The predicted molar refractivity (Wildman–Crippen MR) is 92.7 cm³/mol. The number of rotatable bonds is 5. The van der Waals surface area contributed by atoms with Crippen molar-refractivity contribution < 1.29 is 4.79 Å². The van der Waals surface area contributed by atoms with Crippen LogP contribution in [-0.2, 0) is 13.1 Å². The fourth-order valence-electron chi connectivity index (χ4n) is 2.45. The van der Waals surface area contributed by atoms with Crippen molar-refractivity contribution in [2.75, 3.05) is 0 Å². The average Bonchev–Trinajstić information content (AvgIpc) is 2.96. The number of amides is 1. The van der Waals surface area contributed by atoms with Gasteiger partial charge in [-0.2, -0.15) is 0 Å². The lowest BCUT2D eigenvalue weighted by Crippen LogP contribution is -2.24. The van der Waals surface area contributed by atoms with E-state index in [4.69, 9.17) is 0 Å². The number of carbonyl (C=O) groups is 1. The Kier molecular flexibility index (Phi) is 4.70. The molecule has 0 bridgehead atoms. The maximum absolute atomic E-state index is 12.3. The lowest BCUT2D eigenvalue weighted by atomic mass is 10.1. The second-order valence-electron chi connectivity index (χ2n) is 5.83. The van der Waals surface area contributed by atoms with Crippen LogP contribution in [0.4, 0.5) is 0 Å². The molecule has 0 fully saturated rings. The summed E-state index contributed by atoms with van der Waals surface area (Å²) in [6, 6.07) is 18.1. The number of hydrogen-bond acceptors (Lipinski definition) is 3. The van der Waals surface area contributed by atoms with Gasteiger partial charge < -0.3 is 5.32 Å². The Morgan fingerprint density at radius 1 is 1.00 bits per heavy atom. The number of aromatic nitrogens is 3. The third-order valence-corrected chi connectivity index (χ3v) is 3.95. The second kappa shape index (κ2) is 7.08. The topological polar surface area (TPSA) is 59.8 Å². The molecular formula is C19H20N4O. The lowest BCUT2D eigenvalue weighted by Gasteiger charge is -2.06. The van der Waals surface area contributed by atoms with Crippen LogP contribution < -0.4 is 5.32 Å². The third kappa shape index (κ3) is 3.68. The molecular weight excluding hydrogens is 300 g/mol. The highest BCUT2D eigenvalue weighted by Gasteiger charge is 2.16. The fourth-order valence-corrected chi connectivity index (χ4v) is 2.45. The van der Waals surface area contributed by atoms with E-state index in [2.05, 4.69) is 15.6 Å². The van der Waals surface area contributed by atoms with Crippen LogP contribution >= 0.6 is 0 Å². The highest BCUT2D eigenvalue weighted by Crippen LogP contribution is 2.09. The number of aryl methyl sites for hydroxylation is 1. The van der Waals surface area contributed by atoms with Gasteiger partial charge in [0.25, 0.3) is 5.91 Å². The maximum atomic E-state index is 12.3. The van der Waals surface area contributed by atoms with E-state index in [0.717, 1.165) is 16.8 Å². The molecule has 3 aromatic rings. The van der Waals surface area contributed by atoms with Crippen molar-refractivity contribution >= 4 is 5.91 Å². The Balaban J connectivity index is 1.66. The van der Waals surface area contributed by atoms with Gasteiger partial charge in [-0.15, -0.1) is 5.10 Å². The zero-order valence-electron chi connectivity index (χ0n) is 13.9. The van der Waals surface area contributed by atoms with Crippen LogP contribution in [0.2, 0.25) is 0 Å². The number of benzene rings is 2. The first-order chi connectivity index (χ1) is 11.6. The van der Waals surface area contributed by atoms with E-state index in [1.165, 1.54) is 5.56 Å². The van der Waals surface area contributed by atoms with Crippen LogP contribution in [-0.4, -0.2) is 20.9 Å². The molecule has 5 heteroatoms. The molecule has 1 heterocycles. The fraction of sp³-hybridized carbons (Fsp3) is 0.211. The molecule has 24 heavy (non-hydrogen) atoms. The Bertz CT molecular complexity index is 822. The normalized spacial score (nSPS) is 10.6. The van der Waals surface area contributed by atoms with E-state index >= 15 is 0 Å². The minimum atomic E-state index is -0.201. The molecule has 0 radical (unpaired) electrons. The highest BCUT2D eigenvalue weighted by molar-refractivity contribution is 5.93. The molecule has 0 atom stereocenters. The quantitative estimate of drug-likeness (QED) is 0.786. The Hall–Kier alpha value is -2.95. The van der Waals surface area contributed by atoms with Crippen LogP contribution in [0.3, 0.4) is 0 Å². The Labute approximate surface area is 141 Å². The summed E-state index contributed by atoms with van der Waals surface area (Å²) < 4.78 is 1.75. The van der Waals surface area contributed by atoms with Gasteiger partial charge in [0.1, 0.15) is 0 Å². The molecule has 0 unspecified atom stereocenters. The molecule has 3 rings (SSSR count). The van der Waals surface area contributed by atoms with Gasteiger partial charge in [-0.1, -0.05) is 65.4 Å². The minimum Gasteiger partial charge on any atom is -0.347 e. The van der Waals surface area contributed by atoms with Gasteiger partial charge in [0.2, 0.25) is 0 Å². The molecule has 0 saturated heterocycles. The summed E-state index contributed by atoms with van der Waals surface area (Å²) in [4.78, 5) is 12.3. The molecule has 2 aromatic carbocycles. The molecule has 0 aliphatic rings. The van der Waals surface area contributed by atoms with Crippen LogP contribution in [0.1, 0.15) is 32.9 Å². The molecule has 0 spiro atoms. The van der Waals surface area contributed by atoms with Crippen LogP contribution in [0.15, 0.2) is 54.6 Å². The van der Waals surface area contributed by atoms with E-state index in [9.17, 15) is 4.79 Å². The summed E-state index contributed by atoms with van der Waals surface area (Å²) in [5, 5.41) is 11.0. The Morgan fingerprint density at radius 3 is 2.42 bits per heavy atom. The summed E-state index contributed by atoms with van der Waals surface area (Å²) in [6.07, 6.45) is 0. The number of nitrogens with one attached hydrogen (secondary N) is 1. The standard InChI is InChI=1S/C19H20N4O/c1-14-8-10-16(11-9-14)12-20-19(24)18-15(2)23(22-21-18)13-17-6-4-3-5-7-17/h3-11H,12-13H2,1-2H3,(H,20,24). The average molecular weight is 320 g/mol. The molecule has 1 amide bonds. The lowest BCUT2D eigenvalue weighted by molar-refractivity contribution is 0.0945. The summed E-state index contributed by atoms with van der Waals surface area (Å²) >= 11 is 0. The van der Waals surface area contributed by atoms with E-state index in [-0.39, 0.29) is 5.91 Å². The molecule has 0 saturated carbocycles. The summed E-state index contributed by atoms with van der Waals surface area (Å²) in [6.45, 7) is 4.98. The number of nitrogens with zero attached hydrogens (tertiary/aromatic N) is 3. The van der Waals surface area contributed by atoms with E-state index in [1.807, 2.05) is 68.4 Å². The van der Waals surface area contributed by atoms with Crippen LogP contribution in [0, 0.1) is 13.8 Å². The largest absolute Gasteiger partial charge is 0.347 e. The first-order valence-electron chi connectivity index (χ1n) is 7.91. The van der Waals surface area contributed by atoms with Gasteiger partial charge in [0.05, 0.1) is 12.2 Å². The zero-order chi connectivity index (χ0) is 16.9. The molecule has 0 aliphatic carbocycles. The summed E-state index contributed by atoms with van der Waals surface area (Å²) in [5.74, 6) is -0.201. The monoisotopic (exact) mass is 320 g/mol. The summed E-state index contributed by atoms with van der Waals surface area (Å²) in [5.41, 5.74) is 4.52.